The fourth-order valence-corrected chi connectivity index (χ4v) is 4.22. The highest BCUT2D eigenvalue weighted by Crippen LogP contribution is 2.26. The van der Waals surface area contributed by atoms with E-state index in [0.717, 1.165) is 13.1 Å². The number of nitrogens with one attached hydrogen (secondary N) is 1. The van der Waals surface area contributed by atoms with Gasteiger partial charge in [0.05, 0.1) is 24.5 Å². The van der Waals surface area contributed by atoms with Crippen LogP contribution in [0.25, 0.3) is 0 Å². The highest BCUT2D eigenvalue weighted by Gasteiger charge is 2.33. The number of rotatable bonds is 6. The molecule has 1 N–H and O–H groups in total. The van der Waals surface area contributed by atoms with Crippen LogP contribution in [0.2, 0.25) is 0 Å². The molecule has 0 aromatic heterocycles. The Kier molecular flexibility index (Phi) is 6.77. The number of cyclic esters (lactones) is 1. The third kappa shape index (κ3) is 5.41. The van der Waals surface area contributed by atoms with Crippen LogP contribution in [0.1, 0.15) is 25.8 Å². The highest BCUT2D eigenvalue weighted by molar-refractivity contribution is 6.02. The van der Waals surface area contributed by atoms with Crippen molar-refractivity contribution in [3.63, 3.8) is 0 Å². The van der Waals surface area contributed by atoms with Gasteiger partial charge in [0.25, 0.3) is 0 Å². The standard InChI is InChI=1S/C22H28FN5O5/c1-14(29)24-11-18-13-28(22(31)32-18)16-3-4-19(20(23)9-16)21-10-17(33-25-21)12-26-5-7-27(8-6-26)15(2)30/h3-4,9,17-18H,5-8,10-13H2,1-2H3,(H,24,29)/t17?,18-/m0/s1. The van der Waals surface area contributed by atoms with E-state index in [1.807, 2.05) is 4.90 Å². The third-order valence-corrected chi connectivity index (χ3v) is 6.04. The summed E-state index contributed by atoms with van der Waals surface area (Å²) in [6.45, 7) is 6.97. The number of hydrogen-bond acceptors (Lipinski definition) is 7. The van der Waals surface area contributed by atoms with Crippen LogP contribution in [0.4, 0.5) is 14.9 Å². The molecule has 1 aromatic rings. The average molecular weight is 461 g/mol. The number of ether oxygens (including phenoxy) is 1. The van der Waals surface area contributed by atoms with Crippen molar-refractivity contribution >= 4 is 29.3 Å². The van der Waals surface area contributed by atoms with E-state index in [1.165, 1.54) is 17.9 Å². The molecule has 4 rings (SSSR count). The monoisotopic (exact) mass is 461 g/mol. The van der Waals surface area contributed by atoms with Crippen molar-refractivity contribution < 1.29 is 28.3 Å². The number of benzene rings is 1. The smallest absolute Gasteiger partial charge is 0.414 e. The van der Waals surface area contributed by atoms with Crippen LogP contribution in [-0.2, 0) is 19.2 Å². The van der Waals surface area contributed by atoms with Crippen molar-refractivity contribution in [2.24, 2.45) is 5.16 Å². The summed E-state index contributed by atoms with van der Waals surface area (Å²) in [4.78, 5) is 45.6. The fourth-order valence-electron chi connectivity index (χ4n) is 4.22. The van der Waals surface area contributed by atoms with Gasteiger partial charge in [-0.1, -0.05) is 5.16 Å². The maximum Gasteiger partial charge on any atom is 0.414 e. The summed E-state index contributed by atoms with van der Waals surface area (Å²) in [5.74, 6) is -0.624. The van der Waals surface area contributed by atoms with Gasteiger partial charge in [-0.2, -0.15) is 0 Å². The van der Waals surface area contributed by atoms with Crippen LogP contribution in [0.15, 0.2) is 23.4 Å². The maximum absolute atomic E-state index is 14.9. The van der Waals surface area contributed by atoms with E-state index >= 15 is 0 Å². The van der Waals surface area contributed by atoms with E-state index in [0.29, 0.717) is 43.0 Å². The summed E-state index contributed by atoms with van der Waals surface area (Å²) >= 11 is 0. The molecule has 0 saturated carbocycles. The maximum atomic E-state index is 14.9. The molecule has 2 atom stereocenters. The largest absolute Gasteiger partial charge is 0.442 e. The van der Waals surface area contributed by atoms with E-state index in [2.05, 4.69) is 15.4 Å². The zero-order valence-electron chi connectivity index (χ0n) is 18.8. The topological polar surface area (TPSA) is 104 Å². The minimum absolute atomic E-state index is 0.0850. The minimum Gasteiger partial charge on any atom is -0.442 e. The Balaban J connectivity index is 1.32. The van der Waals surface area contributed by atoms with Gasteiger partial charge in [0, 0.05) is 58.6 Å². The molecule has 0 bridgehead atoms. The molecule has 33 heavy (non-hydrogen) atoms. The van der Waals surface area contributed by atoms with E-state index in [9.17, 15) is 18.8 Å². The second-order valence-corrected chi connectivity index (χ2v) is 8.49. The molecule has 0 spiro atoms. The zero-order valence-corrected chi connectivity index (χ0v) is 18.8. The average Bonchev–Trinajstić information content (AvgIpc) is 3.39. The molecule has 11 heteroatoms. The first-order valence-electron chi connectivity index (χ1n) is 11.0. The van der Waals surface area contributed by atoms with Crippen LogP contribution >= 0.6 is 0 Å². The van der Waals surface area contributed by atoms with Crippen LogP contribution in [-0.4, -0.2) is 91.4 Å². The van der Waals surface area contributed by atoms with Crippen LogP contribution in [0.3, 0.4) is 0 Å². The van der Waals surface area contributed by atoms with Crippen molar-refractivity contribution in [3.8, 4) is 0 Å². The van der Waals surface area contributed by atoms with Gasteiger partial charge in [-0.15, -0.1) is 0 Å². The van der Waals surface area contributed by atoms with Crippen molar-refractivity contribution in [2.75, 3.05) is 50.7 Å². The molecule has 0 aliphatic carbocycles. The van der Waals surface area contributed by atoms with E-state index in [1.54, 1.807) is 19.1 Å². The molecule has 3 heterocycles. The molecular weight excluding hydrogens is 433 g/mol. The molecule has 3 aliphatic rings. The molecule has 1 unspecified atom stereocenters. The SMILES string of the molecule is CC(=O)NC[C@H]1CN(c2ccc(C3=NOC(CN4CCN(C(C)=O)CC4)C3)c(F)c2)C(=O)O1. The number of carbonyl (C=O) groups is 3. The van der Waals surface area contributed by atoms with E-state index in [4.69, 9.17) is 9.57 Å². The third-order valence-electron chi connectivity index (χ3n) is 6.04. The van der Waals surface area contributed by atoms with Gasteiger partial charge in [0.15, 0.2) is 0 Å². The van der Waals surface area contributed by atoms with Crippen LogP contribution in [0.5, 0.6) is 0 Å². The van der Waals surface area contributed by atoms with Gasteiger partial charge in [-0.3, -0.25) is 19.4 Å². The van der Waals surface area contributed by atoms with Crippen molar-refractivity contribution in [1.29, 1.82) is 0 Å². The first-order chi connectivity index (χ1) is 15.8. The van der Waals surface area contributed by atoms with Gasteiger partial charge in [0.1, 0.15) is 18.0 Å². The van der Waals surface area contributed by atoms with Gasteiger partial charge in [-0.05, 0) is 18.2 Å². The molecular formula is C22H28FN5O5. The Bertz CT molecular complexity index is 962. The van der Waals surface area contributed by atoms with Crippen molar-refractivity contribution in [2.45, 2.75) is 32.5 Å². The number of carbonyl (C=O) groups excluding carboxylic acids is 3. The predicted octanol–water partition coefficient (Wildman–Crippen LogP) is 0.944. The van der Waals surface area contributed by atoms with Gasteiger partial charge >= 0.3 is 6.09 Å². The summed E-state index contributed by atoms with van der Waals surface area (Å²) in [5.41, 5.74) is 1.25. The molecule has 1 aromatic carbocycles. The molecule has 3 aliphatic heterocycles. The summed E-state index contributed by atoms with van der Waals surface area (Å²) in [7, 11) is 0. The number of piperazine rings is 1. The molecule has 10 nitrogen and oxygen atoms in total. The Hall–Kier alpha value is -3.21. The molecule has 3 amide bonds. The molecule has 0 radical (unpaired) electrons. The first kappa shape index (κ1) is 23.0. The second-order valence-electron chi connectivity index (χ2n) is 8.49. The van der Waals surface area contributed by atoms with E-state index < -0.39 is 18.0 Å². The Morgan fingerprint density at radius 3 is 2.61 bits per heavy atom. The number of halogens is 1. The van der Waals surface area contributed by atoms with E-state index in [-0.39, 0.29) is 31.0 Å². The van der Waals surface area contributed by atoms with Gasteiger partial charge in [-0.25, -0.2) is 9.18 Å². The fraction of sp³-hybridized carbons (Fsp3) is 0.545. The molecule has 2 saturated heterocycles. The quantitative estimate of drug-likeness (QED) is 0.677. The van der Waals surface area contributed by atoms with Crippen LogP contribution < -0.4 is 10.2 Å². The lowest BCUT2D eigenvalue weighted by molar-refractivity contribution is -0.130. The number of nitrogens with zero attached hydrogens (tertiary/aromatic N) is 4. The lowest BCUT2D eigenvalue weighted by Crippen LogP contribution is -2.49. The summed E-state index contributed by atoms with van der Waals surface area (Å²) in [5, 5.41) is 6.70. The second kappa shape index (κ2) is 9.74. The van der Waals surface area contributed by atoms with Crippen molar-refractivity contribution in [3.05, 3.63) is 29.6 Å². The summed E-state index contributed by atoms with van der Waals surface area (Å²) in [6, 6.07) is 4.53. The minimum atomic E-state index is -0.580. The molecule has 2 fully saturated rings. The molecule has 178 valence electrons. The number of amides is 3. The number of oxime groups is 1. The van der Waals surface area contributed by atoms with Gasteiger partial charge < -0.3 is 19.8 Å². The number of hydrogen-bond donors (Lipinski definition) is 1. The Morgan fingerprint density at radius 1 is 1.18 bits per heavy atom. The first-order valence-corrected chi connectivity index (χ1v) is 11.0. The summed E-state index contributed by atoms with van der Waals surface area (Å²) < 4.78 is 20.2. The predicted molar refractivity (Wildman–Crippen MR) is 117 cm³/mol. The highest BCUT2D eigenvalue weighted by atomic mass is 19.1. The zero-order chi connectivity index (χ0) is 23.5. The Morgan fingerprint density at radius 2 is 1.94 bits per heavy atom. The lowest BCUT2D eigenvalue weighted by atomic mass is 10.0. The summed E-state index contributed by atoms with van der Waals surface area (Å²) in [6.07, 6.45) is -0.766. The lowest BCUT2D eigenvalue weighted by Gasteiger charge is -2.34. The Labute approximate surface area is 191 Å². The number of anilines is 1. The van der Waals surface area contributed by atoms with Crippen LogP contribution in [0, 0.1) is 5.82 Å². The van der Waals surface area contributed by atoms with Gasteiger partial charge in [0.2, 0.25) is 11.8 Å². The van der Waals surface area contributed by atoms with Crippen molar-refractivity contribution in [1.82, 2.24) is 15.1 Å². The normalized spacial score (nSPS) is 23.2.